The predicted molar refractivity (Wildman–Crippen MR) is 86.6 cm³/mol. The van der Waals surface area contributed by atoms with Crippen molar-refractivity contribution in [2.45, 2.75) is 26.3 Å². The fourth-order valence-corrected chi connectivity index (χ4v) is 2.89. The van der Waals surface area contributed by atoms with Gasteiger partial charge in [0.25, 0.3) is 0 Å². The SMILES string of the molecule is CCCN1C(=S)NC(c2ccccc2)C(C(=O)OC)=C1C. The fraction of sp³-hybridized carbons (Fsp3) is 0.375. The van der Waals surface area contributed by atoms with Crippen molar-refractivity contribution in [3.63, 3.8) is 0 Å². The minimum atomic E-state index is -0.322. The van der Waals surface area contributed by atoms with Gasteiger partial charge < -0.3 is 15.0 Å². The van der Waals surface area contributed by atoms with Crippen LogP contribution in [0, 0.1) is 0 Å². The van der Waals surface area contributed by atoms with Gasteiger partial charge in [-0.05, 0) is 31.1 Å². The van der Waals surface area contributed by atoms with Gasteiger partial charge in [-0.1, -0.05) is 37.3 Å². The van der Waals surface area contributed by atoms with E-state index in [0.717, 1.165) is 24.2 Å². The Kier molecular flexibility index (Phi) is 4.96. The van der Waals surface area contributed by atoms with E-state index in [1.54, 1.807) is 0 Å². The molecule has 5 heteroatoms. The van der Waals surface area contributed by atoms with E-state index in [-0.39, 0.29) is 12.0 Å². The predicted octanol–water partition coefficient (Wildman–Crippen LogP) is 2.77. The molecule has 0 aromatic heterocycles. The summed E-state index contributed by atoms with van der Waals surface area (Å²) in [5.41, 5.74) is 2.47. The van der Waals surface area contributed by atoms with Crippen LogP contribution in [0.15, 0.2) is 41.6 Å². The monoisotopic (exact) mass is 304 g/mol. The number of benzene rings is 1. The highest BCUT2D eigenvalue weighted by molar-refractivity contribution is 7.80. The maximum atomic E-state index is 12.2. The number of esters is 1. The number of allylic oxidation sites excluding steroid dienone is 1. The summed E-state index contributed by atoms with van der Waals surface area (Å²) in [6.07, 6.45) is 0.948. The molecule has 0 aliphatic carbocycles. The Morgan fingerprint density at radius 3 is 2.62 bits per heavy atom. The summed E-state index contributed by atoms with van der Waals surface area (Å²) in [5.74, 6) is -0.322. The molecule has 1 unspecified atom stereocenters. The van der Waals surface area contributed by atoms with Gasteiger partial charge in [0.05, 0.1) is 18.7 Å². The average molecular weight is 304 g/mol. The summed E-state index contributed by atoms with van der Waals surface area (Å²) < 4.78 is 4.97. The van der Waals surface area contributed by atoms with Crippen molar-refractivity contribution < 1.29 is 9.53 Å². The van der Waals surface area contributed by atoms with E-state index in [2.05, 4.69) is 12.2 Å². The first-order valence-electron chi connectivity index (χ1n) is 7.02. The Morgan fingerprint density at radius 1 is 1.38 bits per heavy atom. The van der Waals surface area contributed by atoms with Crippen molar-refractivity contribution in [1.82, 2.24) is 10.2 Å². The van der Waals surface area contributed by atoms with Gasteiger partial charge in [-0.3, -0.25) is 0 Å². The molecule has 1 N–H and O–H groups in total. The van der Waals surface area contributed by atoms with Crippen molar-refractivity contribution in [2.75, 3.05) is 13.7 Å². The van der Waals surface area contributed by atoms with Gasteiger partial charge in [-0.2, -0.15) is 0 Å². The molecule has 1 aromatic carbocycles. The lowest BCUT2D eigenvalue weighted by Crippen LogP contribution is -2.48. The van der Waals surface area contributed by atoms with Crippen molar-refractivity contribution in [3.05, 3.63) is 47.2 Å². The number of carbonyl (C=O) groups is 1. The molecule has 21 heavy (non-hydrogen) atoms. The molecule has 0 fully saturated rings. The largest absolute Gasteiger partial charge is 0.466 e. The van der Waals surface area contributed by atoms with Crippen LogP contribution in [-0.2, 0) is 9.53 Å². The molecule has 0 saturated carbocycles. The third kappa shape index (κ3) is 3.08. The Morgan fingerprint density at radius 2 is 2.05 bits per heavy atom. The zero-order valence-corrected chi connectivity index (χ0v) is 13.4. The second-order valence-electron chi connectivity index (χ2n) is 4.94. The number of hydrogen-bond acceptors (Lipinski definition) is 3. The van der Waals surface area contributed by atoms with Crippen LogP contribution >= 0.6 is 12.2 Å². The Hall–Kier alpha value is -1.88. The number of thiocarbonyl (C=S) groups is 1. The molecule has 0 amide bonds. The van der Waals surface area contributed by atoms with Gasteiger partial charge in [-0.25, -0.2) is 4.79 Å². The van der Waals surface area contributed by atoms with Crippen LogP contribution in [0.3, 0.4) is 0 Å². The quantitative estimate of drug-likeness (QED) is 0.684. The zero-order chi connectivity index (χ0) is 15.4. The van der Waals surface area contributed by atoms with Crippen molar-refractivity contribution in [3.8, 4) is 0 Å². The molecule has 1 aromatic rings. The highest BCUT2D eigenvalue weighted by atomic mass is 32.1. The molecule has 112 valence electrons. The molecule has 0 bridgehead atoms. The van der Waals surface area contributed by atoms with Crippen molar-refractivity contribution in [2.24, 2.45) is 0 Å². The smallest absolute Gasteiger partial charge is 0.337 e. The van der Waals surface area contributed by atoms with Gasteiger partial charge in [0.1, 0.15) is 0 Å². The molecule has 1 atom stereocenters. The molecule has 0 spiro atoms. The molecule has 4 nitrogen and oxygen atoms in total. The second kappa shape index (κ2) is 6.72. The second-order valence-corrected chi connectivity index (χ2v) is 5.32. The van der Waals surface area contributed by atoms with E-state index < -0.39 is 0 Å². The molecule has 0 saturated heterocycles. The summed E-state index contributed by atoms with van der Waals surface area (Å²) in [6.45, 7) is 4.78. The van der Waals surface area contributed by atoms with Crippen LogP contribution in [-0.4, -0.2) is 29.6 Å². The van der Waals surface area contributed by atoms with Crippen LogP contribution in [0.5, 0.6) is 0 Å². The fourth-order valence-electron chi connectivity index (χ4n) is 2.54. The normalized spacial score (nSPS) is 18.5. The van der Waals surface area contributed by atoms with Crippen LogP contribution in [0.2, 0.25) is 0 Å². The summed E-state index contributed by atoms with van der Waals surface area (Å²) >= 11 is 5.45. The van der Waals surface area contributed by atoms with Crippen LogP contribution in [0.4, 0.5) is 0 Å². The number of methoxy groups -OCH3 is 1. The Labute approximate surface area is 130 Å². The first kappa shape index (κ1) is 15.5. The number of rotatable bonds is 4. The maximum Gasteiger partial charge on any atom is 0.337 e. The molecule has 1 heterocycles. The number of hydrogen-bond donors (Lipinski definition) is 1. The minimum Gasteiger partial charge on any atom is -0.466 e. The number of nitrogens with zero attached hydrogens (tertiary/aromatic N) is 1. The van der Waals surface area contributed by atoms with Gasteiger partial charge in [0.15, 0.2) is 5.11 Å². The third-order valence-electron chi connectivity index (χ3n) is 3.58. The van der Waals surface area contributed by atoms with Crippen LogP contribution in [0.25, 0.3) is 0 Å². The maximum absolute atomic E-state index is 12.2. The van der Waals surface area contributed by atoms with Crippen molar-refractivity contribution in [1.29, 1.82) is 0 Å². The highest BCUT2D eigenvalue weighted by Crippen LogP contribution is 2.31. The summed E-state index contributed by atoms with van der Waals surface area (Å²) in [6, 6.07) is 9.53. The number of ether oxygens (including phenoxy) is 1. The van der Waals surface area contributed by atoms with E-state index in [9.17, 15) is 4.79 Å². The number of nitrogens with one attached hydrogen (secondary N) is 1. The molecule has 1 aliphatic heterocycles. The van der Waals surface area contributed by atoms with Gasteiger partial charge in [0.2, 0.25) is 0 Å². The standard InChI is InChI=1S/C16H20N2O2S/c1-4-10-18-11(2)13(15(19)20-3)14(17-16(18)21)12-8-6-5-7-9-12/h5-9,14H,4,10H2,1-3H3,(H,17,21). The minimum absolute atomic E-state index is 0.265. The molecular weight excluding hydrogens is 284 g/mol. The lowest BCUT2D eigenvalue weighted by Gasteiger charge is -2.37. The summed E-state index contributed by atoms with van der Waals surface area (Å²) in [7, 11) is 1.40. The van der Waals surface area contributed by atoms with Crippen LogP contribution in [0.1, 0.15) is 31.9 Å². The van der Waals surface area contributed by atoms with Crippen molar-refractivity contribution >= 4 is 23.3 Å². The first-order chi connectivity index (χ1) is 10.1. The molecular formula is C16H20N2O2S. The Bertz CT molecular complexity index is 569. The van der Waals surface area contributed by atoms with Gasteiger partial charge in [-0.15, -0.1) is 0 Å². The van der Waals surface area contributed by atoms with E-state index in [0.29, 0.717) is 10.7 Å². The molecule has 1 aliphatic rings. The number of carbonyl (C=O) groups excluding carboxylic acids is 1. The van der Waals surface area contributed by atoms with Crippen LogP contribution < -0.4 is 5.32 Å². The van der Waals surface area contributed by atoms with E-state index in [4.69, 9.17) is 17.0 Å². The molecule has 2 rings (SSSR count). The lowest BCUT2D eigenvalue weighted by molar-refractivity contribution is -0.136. The highest BCUT2D eigenvalue weighted by Gasteiger charge is 2.33. The lowest BCUT2D eigenvalue weighted by atomic mass is 9.95. The summed E-state index contributed by atoms with van der Waals surface area (Å²) in [5, 5.41) is 3.91. The van der Waals surface area contributed by atoms with Gasteiger partial charge in [0, 0.05) is 12.2 Å². The third-order valence-corrected chi connectivity index (χ3v) is 3.92. The van der Waals surface area contributed by atoms with E-state index in [1.807, 2.05) is 42.2 Å². The molecule has 0 radical (unpaired) electrons. The van der Waals surface area contributed by atoms with E-state index >= 15 is 0 Å². The van der Waals surface area contributed by atoms with E-state index in [1.165, 1.54) is 7.11 Å². The topological polar surface area (TPSA) is 41.6 Å². The Balaban J connectivity index is 2.50. The zero-order valence-electron chi connectivity index (χ0n) is 12.6. The first-order valence-corrected chi connectivity index (χ1v) is 7.43. The summed E-state index contributed by atoms with van der Waals surface area (Å²) in [4.78, 5) is 14.2. The van der Waals surface area contributed by atoms with Gasteiger partial charge >= 0.3 is 5.97 Å². The average Bonchev–Trinajstić information content (AvgIpc) is 2.51.